The fourth-order valence-corrected chi connectivity index (χ4v) is 6.21. The van der Waals surface area contributed by atoms with Crippen LogP contribution in [0.2, 0.25) is 0 Å². The van der Waals surface area contributed by atoms with Crippen molar-refractivity contribution in [1.29, 1.82) is 0 Å². The molecule has 3 aliphatic rings. The standard InChI is InChI=1S/C34H27F21O18/c1-8-4-5-9(6-10(8)64-17-14(68-23(59)31(44,45)46)12(66-21(57)29(38,39)40)11(65-17)7-63-20(56)28(35,36)37)27(2,3)73-19-16(70-25(61)33(50,51)52)13(67-22(58)30(41,42)43)15(69-24(60)32(47,48)49)18(71-19)72-26(62)34(53,54)55/h4,9-19H,5-7H2,1-3H3/t9?,10?,11-,12-,13-,14+,15-,16+,17+,18+,19-/m1/s1. The summed E-state index contributed by atoms with van der Waals surface area (Å²) < 4.78 is 328. The molecule has 3 rings (SSSR count). The minimum atomic E-state index is -6.38. The largest absolute Gasteiger partial charge is 0.491 e. The zero-order valence-corrected chi connectivity index (χ0v) is 35.3. The topological polar surface area (TPSA) is 221 Å². The number of hydrogen-bond donors (Lipinski definition) is 0. The minimum Gasteiger partial charge on any atom is -0.456 e. The van der Waals surface area contributed by atoms with E-state index in [1.54, 1.807) is 0 Å². The summed E-state index contributed by atoms with van der Waals surface area (Å²) in [6, 6.07) is 0. The van der Waals surface area contributed by atoms with Gasteiger partial charge >= 0.3 is 85.0 Å². The summed E-state index contributed by atoms with van der Waals surface area (Å²) in [6.45, 7) is 0.544. The van der Waals surface area contributed by atoms with E-state index < -0.39 is 178 Å². The Kier molecular flexibility index (Phi) is 18.3. The van der Waals surface area contributed by atoms with Gasteiger partial charge in [0.25, 0.3) is 0 Å². The average Bonchev–Trinajstić information content (AvgIpc) is 3.51. The number of esters is 7. The summed E-state index contributed by atoms with van der Waals surface area (Å²) in [4.78, 5) is 82.9. The number of carbonyl (C=O) groups is 7. The summed E-state index contributed by atoms with van der Waals surface area (Å²) in [5.74, 6) is -26.0. The van der Waals surface area contributed by atoms with Crippen LogP contribution in [0.4, 0.5) is 92.2 Å². The van der Waals surface area contributed by atoms with Crippen LogP contribution in [0.1, 0.15) is 33.6 Å². The van der Waals surface area contributed by atoms with Gasteiger partial charge in [0.05, 0.1) is 11.7 Å². The molecule has 2 heterocycles. The maximum absolute atomic E-state index is 13.5. The van der Waals surface area contributed by atoms with Crippen LogP contribution in [0.25, 0.3) is 0 Å². The minimum absolute atomic E-state index is 0.189. The van der Waals surface area contributed by atoms with Crippen molar-refractivity contribution in [2.24, 2.45) is 5.92 Å². The Labute approximate surface area is 388 Å². The Balaban J connectivity index is 2.17. The molecule has 0 N–H and O–H groups in total. The molecule has 1 aliphatic carbocycles. The molecular weight excluding hydrogens is 1100 g/mol. The van der Waals surface area contributed by atoms with Crippen molar-refractivity contribution in [3.8, 4) is 0 Å². The van der Waals surface area contributed by atoms with Gasteiger partial charge < -0.3 is 52.1 Å². The smallest absolute Gasteiger partial charge is 0.456 e. The maximum Gasteiger partial charge on any atom is 0.491 e. The first-order valence-electron chi connectivity index (χ1n) is 18.9. The molecule has 0 radical (unpaired) electrons. The molecule has 73 heavy (non-hydrogen) atoms. The monoisotopic (exact) mass is 1120 g/mol. The lowest BCUT2D eigenvalue weighted by atomic mass is 9.78. The van der Waals surface area contributed by atoms with E-state index in [0.29, 0.717) is 0 Å². The normalized spacial score (nSPS) is 27.7. The van der Waals surface area contributed by atoms with E-state index in [0.717, 1.165) is 26.8 Å². The zero-order chi connectivity index (χ0) is 56.6. The molecule has 0 spiro atoms. The van der Waals surface area contributed by atoms with Crippen molar-refractivity contribution < 1.29 is 178 Å². The first-order valence-corrected chi connectivity index (χ1v) is 18.9. The molecule has 0 amide bonds. The Morgan fingerprint density at radius 1 is 0.466 bits per heavy atom. The molecule has 2 unspecified atom stereocenters. The van der Waals surface area contributed by atoms with Crippen LogP contribution in [0.15, 0.2) is 11.6 Å². The molecule has 39 heteroatoms. The molecule has 2 aliphatic heterocycles. The lowest BCUT2D eigenvalue weighted by Gasteiger charge is -2.47. The van der Waals surface area contributed by atoms with Gasteiger partial charge in [-0.05, 0) is 45.1 Å². The van der Waals surface area contributed by atoms with Crippen LogP contribution in [-0.4, -0.2) is 159 Å². The molecular formula is C34H27F21O18. The number of halogens is 21. The van der Waals surface area contributed by atoms with E-state index in [9.17, 15) is 126 Å². The highest BCUT2D eigenvalue weighted by atomic mass is 19.4. The quantitative estimate of drug-likeness (QED) is 0.0960. The van der Waals surface area contributed by atoms with Gasteiger partial charge in [0.1, 0.15) is 12.7 Å². The SMILES string of the molecule is CC1=CCC(C(C)(C)O[C@H]2O[C@@H](OC(=O)C(F)(F)F)[C@H](OC(=O)C(F)(F)F)[C@@H](OC(=O)C(F)(F)F)[C@@H]2OC(=O)C(F)(F)F)CC1O[C@H]1O[C@H](COC(=O)C(F)(F)F)[C@@H](OC(=O)C(F)(F)F)[C@@H]1OC(=O)C(F)(F)F. The molecule has 11 atom stereocenters. The van der Waals surface area contributed by atoms with E-state index >= 15 is 0 Å². The van der Waals surface area contributed by atoms with Gasteiger partial charge in [-0.15, -0.1) is 0 Å². The number of ether oxygens (including phenoxy) is 11. The Bertz CT molecular complexity index is 2090. The number of carbonyl (C=O) groups excluding carboxylic acids is 7. The molecule has 418 valence electrons. The van der Waals surface area contributed by atoms with Crippen molar-refractivity contribution in [2.45, 2.75) is 144 Å². The van der Waals surface area contributed by atoms with Gasteiger partial charge in [-0.1, -0.05) is 6.08 Å². The average molecular weight is 1120 g/mol. The van der Waals surface area contributed by atoms with Crippen LogP contribution in [0.3, 0.4) is 0 Å². The summed E-state index contributed by atoms with van der Waals surface area (Å²) in [6.07, 6.45) is -76.3. The third kappa shape index (κ3) is 16.4. The predicted octanol–water partition coefficient (Wildman–Crippen LogP) is 5.51. The van der Waals surface area contributed by atoms with Crippen molar-refractivity contribution >= 4 is 41.8 Å². The summed E-state index contributed by atoms with van der Waals surface area (Å²) in [5.41, 5.74) is -2.71. The highest BCUT2D eigenvalue weighted by Gasteiger charge is 2.63. The summed E-state index contributed by atoms with van der Waals surface area (Å²) in [5, 5.41) is 0. The molecule has 18 nitrogen and oxygen atoms in total. The number of rotatable bonds is 13. The lowest BCUT2D eigenvalue weighted by Crippen LogP contribution is -2.65. The molecule has 0 aromatic heterocycles. The van der Waals surface area contributed by atoms with Crippen molar-refractivity contribution in [2.75, 3.05) is 6.61 Å². The second-order valence-corrected chi connectivity index (χ2v) is 15.2. The summed E-state index contributed by atoms with van der Waals surface area (Å²) >= 11 is 0. The van der Waals surface area contributed by atoms with E-state index in [4.69, 9.17) is 18.9 Å². The van der Waals surface area contributed by atoms with Gasteiger partial charge in [-0.3, -0.25) is 0 Å². The molecule has 2 fully saturated rings. The van der Waals surface area contributed by atoms with E-state index in [-0.39, 0.29) is 5.57 Å². The van der Waals surface area contributed by atoms with Gasteiger partial charge in [0.2, 0.25) is 18.7 Å². The first-order chi connectivity index (χ1) is 32.7. The number of hydrogen-bond acceptors (Lipinski definition) is 18. The highest BCUT2D eigenvalue weighted by Crippen LogP contribution is 2.43. The molecule has 0 aromatic rings. The molecule has 2 saturated heterocycles. The van der Waals surface area contributed by atoms with Gasteiger partial charge in [-0.25, -0.2) is 33.6 Å². The van der Waals surface area contributed by atoms with Crippen LogP contribution in [0, 0.1) is 5.92 Å². The second-order valence-electron chi connectivity index (χ2n) is 15.2. The first kappa shape index (κ1) is 61.7. The van der Waals surface area contributed by atoms with Gasteiger partial charge in [0, 0.05) is 0 Å². The number of alkyl halides is 21. The van der Waals surface area contributed by atoms with Crippen LogP contribution < -0.4 is 0 Å². The van der Waals surface area contributed by atoms with Gasteiger partial charge in [-0.2, -0.15) is 92.2 Å². The molecule has 0 bridgehead atoms. The lowest BCUT2D eigenvalue weighted by molar-refractivity contribution is -0.372. The van der Waals surface area contributed by atoms with Crippen LogP contribution in [-0.2, 0) is 85.7 Å². The van der Waals surface area contributed by atoms with E-state index in [1.807, 2.05) is 0 Å². The number of allylic oxidation sites excluding steroid dienone is 1. The Morgan fingerprint density at radius 2 is 0.808 bits per heavy atom. The van der Waals surface area contributed by atoms with Crippen molar-refractivity contribution in [3.63, 3.8) is 0 Å². The fraction of sp³-hybridized carbons (Fsp3) is 0.735. The van der Waals surface area contributed by atoms with Gasteiger partial charge in [0.15, 0.2) is 30.7 Å². The van der Waals surface area contributed by atoms with E-state index in [2.05, 4.69) is 33.2 Å². The summed E-state index contributed by atoms with van der Waals surface area (Å²) in [7, 11) is 0. The van der Waals surface area contributed by atoms with Crippen molar-refractivity contribution in [1.82, 2.24) is 0 Å². The molecule has 0 saturated carbocycles. The maximum atomic E-state index is 13.5. The highest BCUT2D eigenvalue weighted by molar-refractivity contribution is 5.79. The predicted molar refractivity (Wildman–Crippen MR) is 173 cm³/mol. The van der Waals surface area contributed by atoms with Crippen LogP contribution >= 0.6 is 0 Å². The van der Waals surface area contributed by atoms with Crippen molar-refractivity contribution in [3.05, 3.63) is 11.6 Å². The van der Waals surface area contributed by atoms with Crippen LogP contribution in [0.5, 0.6) is 0 Å². The zero-order valence-electron chi connectivity index (χ0n) is 35.3. The van der Waals surface area contributed by atoms with E-state index in [1.165, 1.54) is 0 Å². The second kappa shape index (κ2) is 21.7. The third-order valence-corrected chi connectivity index (χ3v) is 9.59. The fourth-order valence-electron chi connectivity index (χ4n) is 6.21. The molecule has 0 aromatic carbocycles. The third-order valence-electron chi connectivity index (χ3n) is 9.59. The Hall–Kier alpha value is -5.60. The Morgan fingerprint density at radius 3 is 1.21 bits per heavy atom.